The number of fused-ring (bicyclic) bond motifs is 1. The molecule has 21 heavy (non-hydrogen) atoms. The molecule has 0 amide bonds. The van der Waals surface area contributed by atoms with E-state index < -0.39 is 0 Å². The lowest BCUT2D eigenvalue weighted by Crippen LogP contribution is -1.77. The predicted molar refractivity (Wildman–Crippen MR) is 89.1 cm³/mol. The molecule has 4 rings (SSSR count). The zero-order chi connectivity index (χ0) is 14.2. The number of furan rings is 1. The van der Waals surface area contributed by atoms with Crippen LogP contribution in [0.3, 0.4) is 0 Å². The Kier molecular flexibility index (Phi) is 2.98. The molecule has 2 aromatic carbocycles. The molecule has 0 N–H and O–H groups in total. The number of benzene rings is 2. The van der Waals surface area contributed by atoms with Gasteiger partial charge in [-0.15, -0.1) is 0 Å². The third kappa shape index (κ3) is 2.13. The highest BCUT2D eigenvalue weighted by molar-refractivity contribution is 7.36. The van der Waals surface area contributed by atoms with E-state index in [0.717, 1.165) is 32.0 Å². The van der Waals surface area contributed by atoms with Crippen LogP contribution in [0.5, 0.6) is 0 Å². The average Bonchev–Trinajstić information content (AvgIpc) is 3.06. The molecule has 4 heteroatoms. The minimum Gasteiger partial charge on any atom is -0.453 e. The molecule has 0 unspecified atom stereocenters. The van der Waals surface area contributed by atoms with E-state index in [1.807, 2.05) is 60.7 Å². The lowest BCUT2D eigenvalue weighted by atomic mass is 10.1. The molecule has 0 saturated carbocycles. The van der Waals surface area contributed by atoms with E-state index in [1.54, 1.807) is 0 Å². The van der Waals surface area contributed by atoms with Crippen molar-refractivity contribution in [3.63, 3.8) is 0 Å². The fraction of sp³-hybridized carbons (Fsp3) is 0. The molecule has 0 saturated heterocycles. The first kappa shape index (κ1) is 12.6. The molecule has 2 heterocycles. The summed E-state index contributed by atoms with van der Waals surface area (Å²) in [4.78, 5) is 11.8. The van der Waals surface area contributed by atoms with Gasteiger partial charge >= 0.3 is 0 Å². The van der Waals surface area contributed by atoms with Gasteiger partial charge < -0.3 is 4.42 Å². The third-order valence-corrected chi connectivity index (χ3v) is 5.42. The number of rotatable bonds is 2. The van der Waals surface area contributed by atoms with Crippen molar-refractivity contribution in [1.29, 1.82) is 0 Å². The molecule has 4 aromatic rings. The summed E-state index contributed by atoms with van der Waals surface area (Å²) < 4.78 is 8.10. The summed E-state index contributed by atoms with van der Waals surface area (Å²) in [5.74, 6) is 1.57. The lowest BCUT2D eigenvalue weighted by Gasteiger charge is -1.98. The van der Waals surface area contributed by atoms with Crippen LogP contribution in [0.4, 0.5) is 0 Å². The van der Waals surface area contributed by atoms with Gasteiger partial charge in [0, 0.05) is 11.1 Å². The Morgan fingerprint density at radius 3 is 1.52 bits per heavy atom. The van der Waals surface area contributed by atoms with E-state index in [1.165, 1.54) is 22.7 Å². The molecule has 0 aliphatic rings. The summed E-state index contributed by atoms with van der Waals surface area (Å²) >= 11 is 2.52. The zero-order valence-corrected chi connectivity index (χ0v) is 12.5. The van der Waals surface area contributed by atoms with Crippen LogP contribution in [0.1, 0.15) is 0 Å². The fourth-order valence-electron chi connectivity index (χ4n) is 2.33. The molecule has 0 atom stereocenters. The molecule has 2 aromatic heterocycles. The Bertz CT molecular complexity index is 872. The minimum absolute atomic E-state index is 0.102. The zero-order valence-electron chi connectivity index (χ0n) is 10.9. The van der Waals surface area contributed by atoms with Gasteiger partial charge in [-0.2, -0.15) is 0 Å². The van der Waals surface area contributed by atoms with Gasteiger partial charge in [0.15, 0.2) is 11.5 Å². The molecule has 0 aliphatic heterocycles. The maximum Gasteiger partial charge on any atom is 0.288 e. The highest BCUT2D eigenvalue weighted by Crippen LogP contribution is 2.42. The Morgan fingerprint density at radius 1 is 0.667 bits per heavy atom. The maximum absolute atomic E-state index is 11.8. The van der Waals surface area contributed by atoms with Crippen molar-refractivity contribution < 1.29 is 4.42 Å². The first-order chi connectivity index (χ1) is 10.3. The molecular weight excluding hydrogens is 300 g/mol. The molecule has 0 bridgehead atoms. The number of hydrogen-bond acceptors (Lipinski definition) is 4. The van der Waals surface area contributed by atoms with E-state index in [4.69, 9.17) is 4.42 Å². The van der Waals surface area contributed by atoms with Gasteiger partial charge in [-0.1, -0.05) is 83.3 Å². The van der Waals surface area contributed by atoms with Crippen LogP contribution in [0.2, 0.25) is 0 Å². The maximum atomic E-state index is 11.8. The molecule has 2 nitrogen and oxygen atoms in total. The molecule has 0 radical (unpaired) electrons. The normalized spacial score (nSPS) is 11.0. The van der Waals surface area contributed by atoms with Crippen molar-refractivity contribution in [1.82, 2.24) is 0 Å². The van der Waals surface area contributed by atoms with Crippen LogP contribution >= 0.6 is 22.7 Å². The highest BCUT2D eigenvalue weighted by atomic mass is 32.2. The van der Waals surface area contributed by atoms with Crippen LogP contribution in [0.15, 0.2) is 69.9 Å². The number of hydrogen-bond donors (Lipinski definition) is 0. The van der Waals surface area contributed by atoms with Gasteiger partial charge in [-0.25, -0.2) is 0 Å². The molecule has 0 fully saturated rings. The first-order valence-corrected chi connectivity index (χ1v) is 8.13. The van der Waals surface area contributed by atoms with Crippen LogP contribution in [0, 0.1) is 0 Å². The van der Waals surface area contributed by atoms with Gasteiger partial charge in [0.1, 0.15) is 0 Å². The van der Waals surface area contributed by atoms with Crippen molar-refractivity contribution >= 4 is 32.1 Å². The SMILES string of the molecule is O=c1sc2c(-c3ccccc3)oc(-c3ccccc3)c2s1. The second kappa shape index (κ2) is 4.98. The van der Waals surface area contributed by atoms with E-state index in [9.17, 15) is 4.79 Å². The Labute approximate surface area is 128 Å². The lowest BCUT2D eigenvalue weighted by molar-refractivity contribution is 0.602. The summed E-state index contributed by atoms with van der Waals surface area (Å²) in [6, 6.07) is 19.8. The summed E-state index contributed by atoms with van der Waals surface area (Å²) in [5, 5.41) is 0. The van der Waals surface area contributed by atoms with Gasteiger partial charge in [0.25, 0.3) is 4.06 Å². The first-order valence-electron chi connectivity index (χ1n) is 6.50. The summed E-state index contributed by atoms with van der Waals surface area (Å²) in [7, 11) is 0. The summed E-state index contributed by atoms with van der Waals surface area (Å²) in [5.41, 5.74) is 2.00. The quantitative estimate of drug-likeness (QED) is 0.506. The van der Waals surface area contributed by atoms with Crippen molar-refractivity contribution in [2.45, 2.75) is 0 Å². The van der Waals surface area contributed by atoms with Gasteiger partial charge in [0.05, 0.1) is 9.40 Å². The van der Waals surface area contributed by atoms with Crippen LogP contribution in [-0.2, 0) is 0 Å². The summed E-state index contributed by atoms with van der Waals surface area (Å²) in [6.45, 7) is 0. The van der Waals surface area contributed by atoms with Gasteiger partial charge in [-0.3, -0.25) is 4.79 Å². The van der Waals surface area contributed by atoms with Crippen molar-refractivity contribution in [3.05, 3.63) is 69.5 Å². The minimum atomic E-state index is 0.102. The fourth-order valence-corrected chi connectivity index (χ4v) is 4.46. The van der Waals surface area contributed by atoms with E-state index in [2.05, 4.69) is 0 Å². The van der Waals surface area contributed by atoms with Crippen LogP contribution in [0.25, 0.3) is 32.0 Å². The Balaban J connectivity index is 2.04. The highest BCUT2D eigenvalue weighted by Gasteiger charge is 2.19. The topological polar surface area (TPSA) is 30.2 Å². The van der Waals surface area contributed by atoms with Gasteiger partial charge in [0.2, 0.25) is 0 Å². The van der Waals surface area contributed by atoms with Crippen molar-refractivity contribution in [2.24, 2.45) is 0 Å². The van der Waals surface area contributed by atoms with Crippen molar-refractivity contribution in [2.75, 3.05) is 0 Å². The average molecular weight is 310 g/mol. The smallest absolute Gasteiger partial charge is 0.288 e. The Hall–Kier alpha value is -2.17. The van der Waals surface area contributed by atoms with Crippen LogP contribution < -0.4 is 4.06 Å². The van der Waals surface area contributed by atoms with E-state index in [0.29, 0.717) is 0 Å². The van der Waals surface area contributed by atoms with Crippen molar-refractivity contribution in [3.8, 4) is 22.6 Å². The van der Waals surface area contributed by atoms with E-state index >= 15 is 0 Å². The van der Waals surface area contributed by atoms with Gasteiger partial charge in [-0.05, 0) is 0 Å². The Morgan fingerprint density at radius 2 is 1.10 bits per heavy atom. The third-order valence-electron chi connectivity index (χ3n) is 3.27. The molecular formula is C17H10O2S2. The standard InChI is InChI=1S/C17H10O2S2/c18-17-20-15-13(11-7-3-1-4-8-11)19-14(16(15)21-17)12-9-5-2-6-10-12/h1-10H. The summed E-state index contributed by atoms with van der Waals surface area (Å²) in [6.07, 6.45) is 0. The second-order valence-corrected chi connectivity index (χ2v) is 6.83. The molecule has 102 valence electrons. The largest absolute Gasteiger partial charge is 0.453 e. The van der Waals surface area contributed by atoms with E-state index in [-0.39, 0.29) is 4.06 Å². The second-order valence-electron chi connectivity index (χ2n) is 4.60. The van der Waals surface area contributed by atoms with Crippen LogP contribution in [-0.4, -0.2) is 0 Å². The molecule has 0 aliphatic carbocycles. The predicted octanol–water partition coefficient (Wildman–Crippen LogP) is 5.25. The monoisotopic (exact) mass is 310 g/mol. The molecule has 0 spiro atoms.